The number of ether oxygens (including phenoxy) is 1. The van der Waals surface area contributed by atoms with Gasteiger partial charge in [-0.05, 0) is 24.8 Å². The Morgan fingerprint density at radius 2 is 2.04 bits per heavy atom. The molecule has 0 saturated carbocycles. The number of carboxylic acid groups (broad SMARTS) is 1. The summed E-state index contributed by atoms with van der Waals surface area (Å²) in [5.41, 5.74) is 0. The zero-order valence-electron chi connectivity index (χ0n) is 12.1. The fourth-order valence-electron chi connectivity index (χ4n) is 2.41. The van der Waals surface area contributed by atoms with E-state index >= 15 is 0 Å². The molecule has 0 aliphatic carbocycles. The van der Waals surface area contributed by atoms with Crippen molar-refractivity contribution in [2.45, 2.75) is 24.3 Å². The molecule has 1 aromatic rings. The fourth-order valence-corrected chi connectivity index (χ4v) is 4.04. The van der Waals surface area contributed by atoms with Crippen molar-refractivity contribution in [2.24, 2.45) is 5.92 Å². The summed E-state index contributed by atoms with van der Waals surface area (Å²) >= 11 is 0. The van der Waals surface area contributed by atoms with Crippen molar-refractivity contribution >= 4 is 15.9 Å². The molecule has 0 aromatic carbocycles. The van der Waals surface area contributed by atoms with Gasteiger partial charge in [0, 0.05) is 25.4 Å². The van der Waals surface area contributed by atoms with Gasteiger partial charge in [-0.15, -0.1) is 0 Å². The van der Waals surface area contributed by atoms with Crippen LogP contribution in [-0.2, 0) is 9.84 Å². The Labute approximate surface area is 131 Å². The Morgan fingerprint density at radius 3 is 2.52 bits per heavy atom. The first kappa shape index (κ1) is 17.4. The maximum absolute atomic E-state index is 12.3. The molecule has 23 heavy (non-hydrogen) atoms. The van der Waals surface area contributed by atoms with E-state index in [1.54, 1.807) is 0 Å². The summed E-state index contributed by atoms with van der Waals surface area (Å²) in [5.74, 6) is -0.627. The fraction of sp³-hybridized carbons (Fsp3) is 0.538. The van der Waals surface area contributed by atoms with Crippen molar-refractivity contribution in [2.75, 3.05) is 18.8 Å². The Bertz CT molecular complexity index is 643. The normalized spacial score (nSPS) is 16.6. The molecule has 1 N–H and O–H groups in total. The van der Waals surface area contributed by atoms with Crippen LogP contribution >= 0.6 is 0 Å². The molecule has 2 heterocycles. The van der Waals surface area contributed by atoms with Gasteiger partial charge in [-0.1, -0.05) is 0 Å². The van der Waals surface area contributed by atoms with Crippen LogP contribution in [0.15, 0.2) is 23.2 Å². The predicted octanol–water partition coefficient (Wildman–Crippen LogP) is 1.85. The van der Waals surface area contributed by atoms with Gasteiger partial charge in [0.05, 0.1) is 10.6 Å². The molecule has 0 atom stereocenters. The van der Waals surface area contributed by atoms with Crippen LogP contribution in [0.4, 0.5) is 13.6 Å². The highest BCUT2D eigenvalue weighted by atomic mass is 32.2. The molecule has 0 bridgehead atoms. The molecular weight excluding hydrogens is 334 g/mol. The molecule has 1 aromatic heterocycles. The van der Waals surface area contributed by atoms with E-state index in [9.17, 15) is 22.0 Å². The van der Waals surface area contributed by atoms with E-state index in [1.807, 2.05) is 0 Å². The number of alkyl halides is 2. The molecule has 1 aliphatic heterocycles. The third kappa shape index (κ3) is 4.75. The lowest BCUT2D eigenvalue weighted by molar-refractivity contribution is -0.0529. The number of rotatable bonds is 5. The Balaban J connectivity index is 1.98. The van der Waals surface area contributed by atoms with Gasteiger partial charge in [0.25, 0.3) is 0 Å². The Morgan fingerprint density at radius 1 is 1.39 bits per heavy atom. The van der Waals surface area contributed by atoms with Gasteiger partial charge >= 0.3 is 12.7 Å². The number of halogens is 2. The molecule has 1 fully saturated rings. The van der Waals surface area contributed by atoms with Crippen molar-refractivity contribution in [3.05, 3.63) is 18.3 Å². The van der Waals surface area contributed by atoms with Crippen molar-refractivity contribution in [3.8, 4) is 5.88 Å². The van der Waals surface area contributed by atoms with Gasteiger partial charge in [0.15, 0.2) is 9.84 Å². The summed E-state index contributed by atoms with van der Waals surface area (Å²) in [4.78, 5) is 15.5. The van der Waals surface area contributed by atoms with Gasteiger partial charge in [0.2, 0.25) is 5.88 Å². The number of amides is 1. The third-order valence-electron chi connectivity index (χ3n) is 3.62. The highest BCUT2D eigenvalue weighted by Gasteiger charge is 2.27. The SMILES string of the molecule is O=C(O)N1CCC(CS(=O)(=O)c2ccc(OC(F)F)nc2)CC1. The summed E-state index contributed by atoms with van der Waals surface area (Å²) in [7, 11) is -3.61. The molecular formula is C13H16F2N2O5S. The van der Waals surface area contributed by atoms with Crippen molar-refractivity contribution in [1.82, 2.24) is 9.88 Å². The first-order valence-electron chi connectivity index (χ1n) is 6.89. The first-order valence-corrected chi connectivity index (χ1v) is 8.54. The van der Waals surface area contributed by atoms with Crippen LogP contribution < -0.4 is 4.74 Å². The first-order chi connectivity index (χ1) is 10.8. The maximum Gasteiger partial charge on any atom is 0.407 e. The van der Waals surface area contributed by atoms with E-state index in [0.717, 1.165) is 12.3 Å². The van der Waals surface area contributed by atoms with E-state index in [0.29, 0.717) is 25.9 Å². The number of likely N-dealkylation sites (tertiary alicyclic amines) is 1. The maximum atomic E-state index is 12.3. The lowest BCUT2D eigenvalue weighted by atomic mass is 9.99. The number of nitrogens with zero attached hydrogens (tertiary/aromatic N) is 2. The van der Waals surface area contributed by atoms with Crippen LogP contribution in [0.2, 0.25) is 0 Å². The number of piperidine rings is 1. The third-order valence-corrected chi connectivity index (χ3v) is 5.49. The lowest BCUT2D eigenvalue weighted by Crippen LogP contribution is -2.39. The standard InChI is InChI=1S/C13H16F2N2O5S/c14-12(15)22-11-2-1-10(7-16-11)23(20,21)8-9-3-5-17(6-4-9)13(18)19/h1-2,7,9,12H,3-6,8H2,(H,18,19). The number of hydrogen-bond donors (Lipinski definition) is 1. The van der Waals surface area contributed by atoms with Gasteiger partial charge in [-0.25, -0.2) is 18.2 Å². The number of hydrogen-bond acceptors (Lipinski definition) is 5. The Kier molecular flexibility index (Phi) is 5.34. The van der Waals surface area contributed by atoms with Crippen LogP contribution in [0.5, 0.6) is 5.88 Å². The summed E-state index contributed by atoms with van der Waals surface area (Å²) in [5, 5.41) is 8.86. The number of pyridine rings is 1. The molecule has 7 nitrogen and oxygen atoms in total. The van der Waals surface area contributed by atoms with Gasteiger partial charge in [-0.3, -0.25) is 0 Å². The van der Waals surface area contributed by atoms with Gasteiger partial charge in [0.1, 0.15) is 0 Å². The number of sulfone groups is 1. The molecule has 1 saturated heterocycles. The average Bonchev–Trinajstić information content (AvgIpc) is 2.47. The highest BCUT2D eigenvalue weighted by molar-refractivity contribution is 7.91. The zero-order chi connectivity index (χ0) is 17.0. The number of carbonyl (C=O) groups is 1. The van der Waals surface area contributed by atoms with Gasteiger partial charge in [-0.2, -0.15) is 8.78 Å². The van der Waals surface area contributed by atoms with Crippen LogP contribution in [0.3, 0.4) is 0 Å². The van der Waals surface area contributed by atoms with Crippen LogP contribution in [0.1, 0.15) is 12.8 Å². The summed E-state index contributed by atoms with van der Waals surface area (Å²) in [6, 6.07) is 2.25. The van der Waals surface area contributed by atoms with E-state index in [4.69, 9.17) is 5.11 Å². The molecule has 0 radical (unpaired) electrons. The molecule has 10 heteroatoms. The molecule has 1 aliphatic rings. The second kappa shape index (κ2) is 7.07. The van der Waals surface area contributed by atoms with E-state index in [1.165, 1.54) is 11.0 Å². The quantitative estimate of drug-likeness (QED) is 0.870. The molecule has 128 valence electrons. The minimum absolute atomic E-state index is 0.0696. The summed E-state index contributed by atoms with van der Waals surface area (Å²) < 4.78 is 52.7. The van der Waals surface area contributed by atoms with E-state index < -0.39 is 22.5 Å². The molecule has 2 rings (SSSR count). The zero-order valence-corrected chi connectivity index (χ0v) is 12.9. The predicted molar refractivity (Wildman–Crippen MR) is 75.2 cm³/mol. The van der Waals surface area contributed by atoms with Crippen molar-refractivity contribution < 1.29 is 31.8 Å². The van der Waals surface area contributed by atoms with E-state index in [2.05, 4.69) is 9.72 Å². The smallest absolute Gasteiger partial charge is 0.407 e. The Hall–Kier alpha value is -1.97. The second-order valence-corrected chi connectivity index (χ2v) is 7.24. The minimum Gasteiger partial charge on any atom is -0.465 e. The molecule has 0 spiro atoms. The van der Waals surface area contributed by atoms with E-state index in [-0.39, 0.29) is 22.4 Å². The average molecular weight is 350 g/mol. The van der Waals surface area contributed by atoms with Gasteiger partial charge < -0.3 is 14.7 Å². The van der Waals surface area contributed by atoms with Crippen molar-refractivity contribution in [1.29, 1.82) is 0 Å². The van der Waals surface area contributed by atoms with Crippen LogP contribution in [0, 0.1) is 5.92 Å². The second-order valence-electron chi connectivity index (χ2n) is 5.21. The minimum atomic E-state index is -3.61. The monoisotopic (exact) mass is 350 g/mol. The number of aromatic nitrogens is 1. The summed E-state index contributed by atoms with van der Waals surface area (Å²) in [6.45, 7) is -2.42. The van der Waals surface area contributed by atoms with Crippen LogP contribution in [0.25, 0.3) is 0 Å². The lowest BCUT2D eigenvalue weighted by Gasteiger charge is -2.29. The van der Waals surface area contributed by atoms with Crippen LogP contribution in [-0.4, -0.2) is 55.0 Å². The molecule has 1 amide bonds. The summed E-state index contributed by atoms with van der Waals surface area (Å²) in [6.07, 6.45) is 0.904. The topological polar surface area (TPSA) is 96.8 Å². The van der Waals surface area contributed by atoms with Crippen molar-refractivity contribution in [3.63, 3.8) is 0 Å². The highest BCUT2D eigenvalue weighted by Crippen LogP contribution is 2.23. The largest absolute Gasteiger partial charge is 0.465 e. The molecule has 0 unspecified atom stereocenters.